The lowest BCUT2D eigenvalue weighted by atomic mass is 10.1. The number of benzene rings is 1. The smallest absolute Gasteiger partial charge is 0.338 e. The predicted octanol–water partition coefficient (Wildman–Crippen LogP) is 1.21. The molecule has 1 aromatic heterocycles. The third-order valence-electron chi connectivity index (χ3n) is 3.36. The average Bonchev–Trinajstić information content (AvgIpc) is 3.01. The highest BCUT2D eigenvalue weighted by atomic mass is 32.1. The molecule has 1 atom stereocenters. The van der Waals surface area contributed by atoms with E-state index in [0.29, 0.717) is 9.89 Å². The van der Waals surface area contributed by atoms with Gasteiger partial charge in [-0.25, -0.2) is 9.79 Å². The summed E-state index contributed by atoms with van der Waals surface area (Å²) >= 11 is 1.35. The molecule has 1 aromatic carbocycles. The van der Waals surface area contributed by atoms with Crippen LogP contribution in [0.15, 0.2) is 46.8 Å². The summed E-state index contributed by atoms with van der Waals surface area (Å²) in [5.41, 5.74) is 1.16. The minimum atomic E-state index is -1.03. The number of thiophene rings is 1. The van der Waals surface area contributed by atoms with Crippen LogP contribution in [0.4, 0.5) is 0 Å². The second kappa shape index (κ2) is 6.85. The van der Waals surface area contributed by atoms with Gasteiger partial charge in [0, 0.05) is 0 Å². The highest BCUT2D eigenvalue weighted by Gasteiger charge is 2.33. The van der Waals surface area contributed by atoms with Crippen molar-refractivity contribution in [3.05, 3.63) is 57.2 Å². The summed E-state index contributed by atoms with van der Waals surface area (Å²) in [5.74, 6) is -1.01. The number of esters is 1. The summed E-state index contributed by atoms with van der Waals surface area (Å²) in [4.78, 5) is 28.6. The Morgan fingerprint density at radius 2 is 2.04 bits per heavy atom. The molecule has 0 saturated carbocycles. The standard InChI is InChI=1S/C17H15NO4S/c1-2-21-17(20)13-14(22-10-11-6-4-3-5-7-11)16(19)18-12-8-9-23-15(12)13/h3-9,14H,2,10H2,1H3. The first-order valence-electron chi connectivity index (χ1n) is 7.23. The first-order valence-corrected chi connectivity index (χ1v) is 8.11. The van der Waals surface area contributed by atoms with Crippen LogP contribution in [-0.2, 0) is 25.7 Å². The van der Waals surface area contributed by atoms with Crippen LogP contribution in [0.5, 0.6) is 0 Å². The number of ether oxygens (including phenoxy) is 2. The van der Waals surface area contributed by atoms with Gasteiger partial charge in [-0.2, -0.15) is 0 Å². The van der Waals surface area contributed by atoms with Crippen molar-refractivity contribution in [2.45, 2.75) is 19.6 Å². The highest BCUT2D eigenvalue weighted by molar-refractivity contribution is 7.08. The quantitative estimate of drug-likeness (QED) is 0.774. The van der Waals surface area contributed by atoms with Crippen molar-refractivity contribution in [3.63, 3.8) is 0 Å². The molecule has 0 spiro atoms. The molecule has 3 rings (SSSR count). The molecule has 0 fully saturated rings. The van der Waals surface area contributed by atoms with E-state index in [9.17, 15) is 9.59 Å². The molecule has 0 saturated heterocycles. The van der Waals surface area contributed by atoms with Crippen LogP contribution in [0.3, 0.4) is 0 Å². The van der Waals surface area contributed by atoms with Crippen molar-refractivity contribution in [2.24, 2.45) is 4.99 Å². The van der Waals surface area contributed by atoms with Gasteiger partial charge in [-0.15, -0.1) is 11.3 Å². The van der Waals surface area contributed by atoms with E-state index in [1.54, 1.807) is 18.4 Å². The Hall–Kier alpha value is -2.31. The number of fused-ring (bicyclic) bond motifs is 1. The number of rotatable bonds is 5. The summed E-state index contributed by atoms with van der Waals surface area (Å²) < 4.78 is 11.4. The van der Waals surface area contributed by atoms with Crippen molar-refractivity contribution in [1.29, 1.82) is 0 Å². The van der Waals surface area contributed by atoms with Gasteiger partial charge in [0.1, 0.15) is 0 Å². The van der Waals surface area contributed by atoms with Crippen molar-refractivity contribution in [1.82, 2.24) is 0 Å². The second-order valence-electron chi connectivity index (χ2n) is 4.90. The fourth-order valence-corrected chi connectivity index (χ4v) is 3.21. The maximum atomic E-state index is 12.3. The maximum absolute atomic E-state index is 12.3. The fraction of sp³-hybridized carbons (Fsp3) is 0.235. The molecule has 1 amide bonds. The van der Waals surface area contributed by atoms with Crippen LogP contribution in [-0.4, -0.2) is 24.6 Å². The summed E-state index contributed by atoms with van der Waals surface area (Å²) in [5, 5.41) is 2.29. The van der Waals surface area contributed by atoms with E-state index in [2.05, 4.69) is 4.99 Å². The van der Waals surface area contributed by atoms with Gasteiger partial charge < -0.3 is 9.47 Å². The molecule has 0 N–H and O–H groups in total. The lowest BCUT2D eigenvalue weighted by Crippen LogP contribution is -2.42. The first-order chi connectivity index (χ1) is 11.2. The van der Waals surface area contributed by atoms with Crippen LogP contribution in [0, 0.1) is 0 Å². The predicted molar refractivity (Wildman–Crippen MR) is 85.2 cm³/mol. The van der Waals surface area contributed by atoms with Crippen LogP contribution < -0.4 is 9.89 Å². The maximum Gasteiger partial charge on any atom is 0.338 e. The van der Waals surface area contributed by atoms with Gasteiger partial charge >= 0.3 is 5.97 Å². The number of carbonyl (C=O) groups is 2. The molecule has 2 heterocycles. The monoisotopic (exact) mass is 329 g/mol. The van der Waals surface area contributed by atoms with E-state index in [1.165, 1.54) is 11.3 Å². The summed E-state index contributed by atoms with van der Waals surface area (Å²) in [6, 6.07) is 11.2. The number of nitrogens with zero attached hydrogens (tertiary/aromatic N) is 1. The van der Waals surface area contributed by atoms with Crippen molar-refractivity contribution >= 4 is 28.8 Å². The van der Waals surface area contributed by atoms with Gasteiger partial charge in [0.15, 0.2) is 6.10 Å². The average molecular weight is 329 g/mol. The van der Waals surface area contributed by atoms with Gasteiger partial charge in [0.25, 0.3) is 5.91 Å². The van der Waals surface area contributed by atoms with E-state index in [4.69, 9.17) is 9.47 Å². The normalized spacial score (nSPS) is 16.7. The van der Waals surface area contributed by atoms with Gasteiger partial charge in [-0.3, -0.25) is 4.79 Å². The third kappa shape index (κ3) is 3.23. The van der Waals surface area contributed by atoms with Gasteiger partial charge in [0.05, 0.1) is 28.7 Å². The third-order valence-corrected chi connectivity index (χ3v) is 4.30. The van der Waals surface area contributed by atoms with E-state index in [-0.39, 0.29) is 18.8 Å². The summed E-state index contributed by atoms with van der Waals surface area (Å²) in [6.07, 6.45) is -1.03. The van der Waals surface area contributed by atoms with Crippen molar-refractivity contribution in [2.75, 3.05) is 6.61 Å². The highest BCUT2D eigenvalue weighted by Crippen LogP contribution is 2.16. The summed E-state index contributed by atoms with van der Waals surface area (Å²) in [7, 11) is 0. The topological polar surface area (TPSA) is 65.0 Å². The van der Waals surface area contributed by atoms with Gasteiger partial charge in [0.2, 0.25) is 0 Å². The van der Waals surface area contributed by atoms with Crippen LogP contribution in [0.1, 0.15) is 12.5 Å². The minimum absolute atomic E-state index is 0.219. The van der Waals surface area contributed by atoms with Gasteiger partial charge in [-0.05, 0) is 23.9 Å². The van der Waals surface area contributed by atoms with Crippen molar-refractivity contribution < 1.29 is 19.1 Å². The number of hydrogen-bond donors (Lipinski definition) is 0. The molecule has 0 bridgehead atoms. The van der Waals surface area contributed by atoms with E-state index in [1.807, 2.05) is 30.3 Å². The van der Waals surface area contributed by atoms with E-state index < -0.39 is 18.0 Å². The molecular weight excluding hydrogens is 314 g/mol. The zero-order valence-corrected chi connectivity index (χ0v) is 13.3. The van der Waals surface area contributed by atoms with Gasteiger partial charge in [-0.1, -0.05) is 30.3 Å². The molecule has 1 unspecified atom stereocenters. The lowest BCUT2D eigenvalue weighted by molar-refractivity contribution is -0.140. The molecule has 0 radical (unpaired) electrons. The SMILES string of the molecule is CCOC(=O)C1=c2sccc2=NC(=O)C1OCc1ccccc1. The molecule has 5 nitrogen and oxygen atoms in total. The zero-order chi connectivity index (χ0) is 16.2. The second-order valence-corrected chi connectivity index (χ2v) is 5.81. The Kier molecular flexibility index (Phi) is 4.64. The minimum Gasteiger partial charge on any atom is -0.463 e. The Labute approximate surface area is 136 Å². The molecule has 23 heavy (non-hydrogen) atoms. The zero-order valence-electron chi connectivity index (χ0n) is 12.5. The Balaban J connectivity index is 1.94. The molecule has 6 heteroatoms. The van der Waals surface area contributed by atoms with E-state index >= 15 is 0 Å². The number of hydrogen-bond acceptors (Lipinski definition) is 5. The van der Waals surface area contributed by atoms with Crippen LogP contribution in [0.25, 0.3) is 5.57 Å². The molecule has 1 aliphatic heterocycles. The first kappa shape index (κ1) is 15.6. The fourth-order valence-electron chi connectivity index (χ4n) is 2.33. The lowest BCUT2D eigenvalue weighted by Gasteiger charge is -2.19. The number of amides is 1. The Morgan fingerprint density at radius 1 is 1.26 bits per heavy atom. The van der Waals surface area contributed by atoms with Crippen molar-refractivity contribution in [3.8, 4) is 0 Å². The summed E-state index contributed by atoms with van der Waals surface area (Å²) in [6.45, 7) is 2.18. The molecule has 118 valence electrons. The van der Waals surface area contributed by atoms with Crippen LogP contribution >= 0.6 is 11.3 Å². The van der Waals surface area contributed by atoms with Crippen LogP contribution in [0.2, 0.25) is 0 Å². The Bertz CT molecular complexity index is 841. The molecule has 2 aromatic rings. The molecule has 1 aliphatic rings. The largest absolute Gasteiger partial charge is 0.463 e. The van der Waals surface area contributed by atoms with E-state index in [0.717, 1.165) is 5.56 Å². The molecular formula is C17H15NO4S. The Morgan fingerprint density at radius 3 is 2.78 bits per heavy atom. The molecule has 0 aliphatic carbocycles. The number of carbonyl (C=O) groups excluding carboxylic acids is 2.